The summed E-state index contributed by atoms with van der Waals surface area (Å²) in [6.45, 7) is 3.82. The third-order valence-corrected chi connectivity index (χ3v) is 4.74. The monoisotopic (exact) mass is 326 g/mol. The summed E-state index contributed by atoms with van der Waals surface area (Å²) in [5, 5.41) is 0.718. The highest BCUT2D eigenvalue weighted by molar-refractivity contribution is 6.31. The van der Waals surface area contributed by atoms with Crippen molar-refractivity contribution in [2.45, 2.75) is 32.4 Å². The lowest BCUT2D eigenvalue weighted by Gasteiger charge is -2.15. The van der Waals surface area contributed by atoms with Crippen LogP contribution in [0.25, 0.3) is 22.4 Å². The Labute approximate surface area is 140 Å². The average Bonchev–Trinajstić information content (AvgIpc) is 3.16. The van der Waals surface area contributed by atoms with Crippen molar-refractivity contribution in [1.29, 1.82) is 0 Å². The van der Waals surface area contributed by atoms with E-state index in [1.54, 1.807) is 0 Å². The van der Waals surface area contributed by atoms with Gasteiger partial charge in [0.05, 0.1) is 23.7 Å². The number of fused-ring (bicyclic) bond motifs is 1. The molecule has 4 rings (SSSR count). The predicted octanol–water partition coefficient (Wildman–Crippen LogP) is 4.84. The van der Waals surface area contributed by atoms with Gasteiger partial charge in [0.15, 0.2) is 0 Å². The first-order valence-corrected chi connectivity index (χ1v) is 8.43. The quantitative estimate of drug-likeness (QED) is 0.688. The highest BCUT2D eigenvalue weighted by atomic mass is 35.5. The fourth-order valence-electron chi connectivity index (χ4n) is 3.31. The Morgan fingerprint density at radius 2 is 2.13 bits per heavy atom. The van der Waals surface area contributed by atoms with Gasteiger partial charge in [0.2, 0.25) is 0 Å². The van der Waals surface area contributed by atoms with E-state index in [9.17, 15) is 0 Å². The van der Waals surface area contributed by atoms with Crippen LogP contribution in [0.15, 0.2) is 42.5 Å². The van der Waals surface area contributed by atoms with E-state index < -0.39 is 0 Å². The molecule has 0 amide bonds. The van der Waals surface area contributed by atoms with E-state index in [0.717, 1.165) is 53.4 Å². The Hall–Kier alpha value is -1.84. The molecule has 3 aromatic rings. The highest BCUT2D eigenvalue weighted by Crippen LogP contribution is 2.30. The molecular weight excluding hydrogens is 308 g/mol. The molecule has 0 radical (unpaired) electrons. The zero-order valence-corrected chi connectivity index (χ0v) is 13.9. The predicted molar refractivity (Wildman–Crippen MR) is 93.9 cm³/mol. The maximum atomic E-state index is 6.15. The van der Waals surface area contributed by atoms with Gasteiger partial charge >= 0.3 is 0 Å². The zero-order valence-electron chi connectivity index (χ0n) is 13.1. The Kier molecular flexibility index (Phi) is 3.83. The van der Waals surface area contributed by atoms with Gasteiger partial charge in [-0.1, -0.05) is 35.9 Å². The van der Waals surface area contributed by atoms with E-state index in [1.165, 1.54) is 5.56 Å². The third-order valence-electron chi connectivity index (χ3n) is 4.51. The lowest BCUT2D eigenvalue weighted by Crippen LogP contribution is -2.15. The molecule has 1 aliphatic rings. The van der Waals surface area contributed by atoms with E-state index in [-0.39, 0.29) is 6.10 Å². The number of hydrogen-bond donors (Lipinski definition) is 0. The summed E-state index contributed by atoms with van der Waals surface area (Å²) in [5.41, 5.74) is 4.44. The van der Waals surface area contributed by atoms with Crippen molar-refractivity contribution < 1.29 is 4.74 Å². The number of hydrogen-bond acceptors (Lipinski definition) is 2. The standard InChI is InChI=1S/C19H19ClN2O/c1-13-5-2-3-7-16(13)19-21-17-11-14(20)8-9-18(17)22(19)12-15-6-4-10-23-15/h2-3,5,7-9,11,15H,4,6,10,12H2,1H3. The molecule has 0 saturated carbocycles. The number of benzene rings is 2. The number of rotatable bonds is 3. The van der Waals surface area contributed by atoms with E-state index in [4.69, 9.17) is 21.3 Å². The van der Waals surface area contributed by atoms with Crippen LogP contribution in [-0.4, -0.2) is 22.3 Å². The van der Waals surface area contributed by atoms with E-state index in [0.29, 0.717) is 0 Å². The van der Waals surface area contributed by atoms with Crippen LogP contribution in [0.3, 0.4) is 0 Å². The van der Waals surface area contributed by atoms with Crippen molar-refractivity contribution in [3.05, 3.63) is 53.1 Å². The molecule has 2 heterocycles. The van der Waals surface area contributed by atoms with Crippen molar-refractivity contribution in [3.63, 3.8) is 0 Å². The van der Waals surface area contributed by atoms with Crippen LogP contribution in [-0.2, 0) is 11.3 Å². The van der Waals surface area contributed by atoms with Crippen LogP contribution in [0.1, 0.15) is 18.4 Å². The van der Waals surface area contributed by atoms with Crippen molar-refractivity contribution in [3.8, 4) is 11.4 Å². The molecule has 0 aliphatic carbocycles. The minimum absolute atomic E-state index is 0.269. The molecule has 1 saturated heterocycles. The SMILES string of the molecule is Cc1ccccc1-c1nc2cc(Cl)ccc2n1CC1CCCO1. The summed E-state index contributed by atoms with van der Waals surface area (Å²) in [5.74, 6) is 0.996. The molecule has 3 nitrogen and oxygen atoms in total. The van der Waals surface area contributed by atoms with Gasteiger partial charge in [-0.2, -0.15) is 0 Å². The molecule has 0 bridgehead atoms. The van der Waals surface area contributed by atoms with Gasteiger partial charge in [-0.3, -0.25) is 0 Å². The number of aromatic nitrogens is 2. The molecule has 4 heteroatoms. The van der Waals surface area contributed by atoms with Crippen LogP contribution >= 0.6 is 11.6 Å². The molecule has 0 N–H and O–H groups in total. The Morgan fingerprint density at radius 3 is 2.91 bits per heavy atom. The van der Waals surface area contributed by atoms with Crippen LogP contribution in [0, 0.1) is 6.92 Å². The molecule has 118 valence electrons. The van der Waals surface area contributed by atoms with Crippen LogP contribution in [0.4, 0.5) is 0 Å². The van der Waals surface area contributed by atoms with Crippen molar-refractivity contribution >= 4 is 22.6 Å². The summed E-state index contributed by atoms with van der Waals surface area (Å²) < 4.78 is 8.13. The summed E-state index contributed by atoms with van der Waals surface area (Å²) >= 11 is 6.15. The van der Waals surface area contributed by atoms with Gasteiger partial charge < -0.3 is 9.30 Å². The van der Waals surface area contributed by atoms with Gasteiger partial charge in [-0.15, -0.1) is 0 Å². The minimum atomic E-state index is 0.269. The number of imidazole rings is 1. The van der Waals surface area contributed by atoms with Gasteiger partial charge in [-0.25, -0.2) is 4.98 Å². The van der Waals surface area contributed by atoms with Gasteiger partial charge in [0.25, 0.3) is 0 Å². The topological polar surface area (TPSA) is 27.1 Å². The van der Waals surface area contributed by atoms with Crippen molar-refractivity contribution in [2.24, 2.45) is 0 Å². The van der Waals surface area contributed by atoms with E-state index >= 15 is 0 Å². The third kappa shape index (κ3) is 2.75. The number of ether oxygens (including phenoxy) is 1. The van der Waals surface area contributed by atoms with Gasteiger partial charge in [0, 0.05) is 17.2 Å². The number of aryl methyl sites for hydroxylation is 1. The molecule has 1 aliphatic heterocycles. The molecule has 23 heavy (non-hydrogen) atoms. The lowest BCUT2D eigenvalue weighted by molar-refractivity contribution is 0.0982. The molecule has 1 aromatic heterocycles. The summed E-state index contributed by atoms with van der Waals surface area (Å²) in [6, 6.07) is 14.3. The fraction of sp³-hybridized carbons (Fsp3) is 0.316. The van der Waals surface area contributed by atoms with E-state index in [2.05, 4.69) is 41.8 Å². The average molecular weight is 327 g/mol. The number of nitrogens with zero attached hydrogens (tertiary/aromatic N) is 2. The smallest absolute Gasteiger partial charge is 0.141 e. The summed E-state index contributed by atoms with van der Waals surface area (Å²) in [6.07, 6.45) is 2.52. The number of halogens is 1. The first kappa shape index (κ1) is 14.7. The molecule has 0 spiro atoms. The van der Waals surface area contributed by atoms with E-state index in [1.807, 2.05) is 12.1 Å². The summed E-state index contributed by atoms with van der Waals surface area (Å²) in [4.78, 5) is 4.87. The first-order valence-electron chi connectivity index (χ1n) is 8.06. The van der Waals surface area contributed by atoms with Crippen LogP contribution in [0.5, 0.6) is 0 Å². The molecular formula is C19H19ClN2O. The Morgan fingerprint density at radius 1 is 1.26 bits per heavy atom. The summed E-state index contributed by atoms with van der Waals surface area (Å²) in [7, 11) is 0. The minimum Gasteiger partial charge on any atom is -0.376 e. The maximum Gasteiger partial charge on any atom is 0.141 e. The van der Waals surface area contributed by atoms with Crippen LogP contribution in [0.2, 0.25) is 5.02 Å². The molecule has 2 aromatic carbocycles. The van der Waals surface area contributed by atoms with Crippen molar-refractivity contribution in [2.75, 3.05) is 6.61 Å². The second kappa shape index (κ2) is 5.99. The molecule has 1 unspecified atom stereocenters. The highest BCUT2D eigenvalue weighted by Gasteiger charge is 2.21. The maximum absolute atomic E-state index is 6.15. The van der Waals surface area contributed by atoms with Crippen molar-refractivity contribution in [1.82, 2.24) is 9.55 Å². The first-order chi connectivity index (χ1) is 11.2. The second-order valence-electron chi connectivity index (χ2n) is 6.13. The molecule has 1 atom stereocenters. The van der Waals surface area contributed by atoms with Gasteiger partial charge in [0.1, 0.15) is 5.82 Å². The normalized spacial score (nSPS) is 17.9. The van der Waals surface area contributed by atoms with Gasteiger partial charge in [-0.05, 0) is 43.5 Å². The zero-order chi connectivity index (χ0) is 15.8. The second-order valence-corrected chi connectivity index (χ2v) is 6.57. The molecule has 1 fully saturated rings. The Bertz CT molecular complexity index is 850. The fourth-order valence-corrected chi connectivity index (χ4v) is 3.48. The Balaban J connectivity index is 1.89. The largest absolute Gasteiger partial charge is 0.376 e. The lowest BCUT2D eigenvalue weighted by atomic mass is 10.1. The van der Waals surface area contributed by atoms with Crippen LogP contribution < -0.4 is 0 Å².